The number of nitrogens with one attached hydrogen (secondary N) is 1. The number of hydrogen-bond donors (Lipinski definition) is 1. The molecular weight excluding hydrogens is 522 g/mol. The highest BCUT2D eigenvalue weighted by molar-refractivity contribution is 6.25. The third-order valence-corrected chi connectivity index (χ3v) is 8.92. The molecular formula is C40H31N3. The van der Waals surface area contributed by atoms with Crippen molar-refractivity contribution in [3.8, 4) is 0 Å². The molecule has 0 saturated heterocycles. The molecule has 0 amide bonds. The molecule has 1 heterocycles. The SMILES string of the molecule is CC1C(c2ccc3c4ccccc4c4ccccc4c3c2)=CC=CC1C1=NC(c2ccccc2)N=C(c2ccccc2)N1. The number of amidine groups is 2. The quantitative estimate of drug-likeness (QED) is 0.217. The predicted molar refractivity (Wildman–Crippen MR) is 181 cm³/mol. The van der Waals surface area contributed by atoms with Crippen molar-refractivity contribution >= 4 is 49.6 Å². The van der Waals surface area contributed by atoms with E-state index in [4.69, 9.17) is 9.98 Å². The standard InChI is InChI=1S/C40H31N3/c1-26-30(29-23-24-36-34-19-9-8-17-32(34)33-18-10-11-20-35(33)37(36)25-29)21-12-22-31(26)40-42-38(27-13-4-2-5-14-27)41-39(43-40)28-15-6-3-7-16-28/h2-26,31,38H,1H3,(H,41,42,43). The van der Waals surface area contributed by atoms with Crippen molar-refractivity contribution in [2.45, 2.75) is 13.1 Å². The third-order valence-electron chi connectivity index (χ3n) is 8.92. The third kappa shape index (κ3) is 4.45. The van der Waals surface area contributed by atoms with Gasteiger partial charge in [-0.25, -0.2) is 9.98 Å². The van der Waals surface area contributed by atoms with E-state index in [0.717, 1.165) is 22.8 Å². The van der Waals surface area contributed by atoms with Gasteiger partial charge < -0.3 is 5.32 Å². The van der Waals surface area contributed by atoms with Gasteiger partial charge in [0.15, 0.2) is 6.17 Å². The number of fused-ring (bicyclic) bond motifs is 6. The van der Waals surface area contributed by atoms with E-state index in [1.54, 1.807) is 0 Å². The van der Waals surface area contributed by atoms with E-state index < -0.39 is 0 Å². The average molecular weight is 554 g/mol. The second kappa shape index (κ2) is 10.5. The van der Waals surface area contributed by atoms with Crippen LogP contribution in [0.25, 0.3) is 37.9 Å². The minimum atomic E-state index is -0.289. The van der Waals surface area contributed by atoms with E-state index in [1.165, 1.54) is 43.5 Å². The van der Waals surface area contributed by atoms with Crippen molar-refractivity contribution in [2.75, 3.05) is 0 Å². The van der Waals surface area contributed by atoms with E-state index in [0.29, 0.717) is 0 Å². The summed E-state index contributed by atoms with van der Waals surface area (Å²) in [5.41, 5.74) is 4.72. The molecule has 1 aliphatic heterocycles. The molecule has 6 aromatic rings. The summed E-state index contributed by atoms with van der Waals surface area (Å²) in [7, 11) is 0. The fourth-order valence-corrected chi connectivity index (χ4v) is 6.72. The smallest absolute Gasteiger partial charge is 0.169 e. The number of hydrogen-bond acceptors (Lipinski definition) is 3. The van der Waals surface area contributed by atoms with Gasteiger partial charge in [-0.15, -0.1) is 0 Å². The number of nitrogens with zero attached hydrogens (tertiary/aromatic N) is 2. The molecule has 8 rings (SSSR count). The van der Waals surface area contributed by atoms with E-state index in [-0.39, 0.29) is 18.0 Å². The van der Waals surface area contributed by atoms with Gasteiger partial charge in [0.2, 0.25) is 0 Å². The van der Waals surface area contributed by atoms with Crippen LogP contribution in [0.1, 0.15) is 29.8 Å². The zero-order chi connectivity index (χ0) is 28.8. The van der Waals surface area contributed by atoms with Crippen LogP contribution in [0, 0.1) is 11.8 Å². The van der Waals surface area contributed by atoms with E-state index >= 15 is 0 Å². The number of aliphatic imine (C=N–C) groups is 2. The van der Waals surface area contributed by atoms with Gasteiger partial charge in [-0.2, -0.15) is 0 Å². The summed E-state index contributed by atoms with van der Waals surface area (Å²) in [6.07, 6.45) is 6.46. The Bertz CT molecular complexity index is 2090. The Labute approximate surface area is 251 Å². The summed E-state index contributed by atoms with van der Waals surface area (Å²) < 4.78 is 0. The van der Waals surface area contributed by atoms with Crippen LogP contribution in [0.15, 0.2) is 156 Å². The number of rotatable bonds is 4. The van der Waals surface area contributed by atoms with E-state index in [9.17, 15) is 0 Å². The zero-order valence-electron chi connectivity index (χ0n) is 24.0. The van der Waals surface area contributed by atoms with Crippen LogP contribution < -0.4 is 5.32 Å². The molecule has 0 fully saturated rings. The van der Waals surface area contributed by atoms with Crippen molar-refractivity contribution in [2.24, 2.45) is 21.8 Å². The van der Waals surface area contributed by atoms with Gasteiger partial charge in [0.1, 0.15) is 11.7 Å². The van der Waals surface area contributed by atoms with E-state index in [1.807, 2.05) is 12.1 Å². The fraction of sp³-hybridized carbons (Fsp3) is 0.100. The van der Waals surface area contributed by atoms with Crippen molar-refractivity contribution in [1.29, 1.82) is 0 Å². The van der Waals surface area contributed by atoms with Crippen LogP contribution in [-0.4, -0.2) is 11.7 Å². The Morgan fingerprint density at radius 3 is 1.81 bits per heavy atom. The van der Waals surface area contributed by atoms with Crippen LogP contribution in [0.3, 0.4) is 0 Å². The molecule has 43 heavy (non-hydrogen) atoms. The van der Waals surface area contributed by atoms with Crippen molar-refractivity contribution in [3.05, 3.63) is 162 Å². The lowest BCUT2D eigenvalue weighted by atomic mass is 9.79. The molecule has 0 radical (unpaired) electrons. The van der Waals surface area contributed by atoms with Gasteiger partial charge in [0, 0.05) is 11.5 Å². The molecule has 3 atom stereocenters. The summed E-state index contributed by atoms with van der Waals surface area (Å²) in [6.45, 7) is 2.32. The van der Waals surface area contributed by atoms with Crippen LogP contribution in [-0.2, 0) is 0 Å². The first-order valence-corrected chi connectivity index (χ1v) is 15.0. The van der Waals surface area contributed by atoms with Gasteiger partial charge in [0.05, 0.1) is 0 Å². The number of allylic oxidation sites excluding steroid dienone is 3. The maximum atomic E-state index is 5.19. The summed E-state index contributed by atoms with van der Waals surface area (Å²) in [6, 6.07) is 45.2. The molecule has 3 heteroatoms. The molecule has 0 saturated carbocycles. The summed E-state index contributed by atoms with van der Waals surface area (Å²) in [4.78, 5) is 10.2. The maximum absolute atomic E-state index is 5.19. The lowest BCUT2D eigenvalue weighted by Crippen LogP contribution is -2.41. The molecule has 3 nitrogen and oxygen atoms in total. The zero-order valence-corrected chi connectivity index (χ0v) is 24.0. The Hall–Kier alpha value is -5.28. The molecule has 0 aromatic heterocycles. The van der Waals surface area contributed by atoms with Gasteiger partial charge in [0.25, 0.3) is 0 Å². The largest absolute Gasteiger partial charge is 0.328 e. The van der Waals surface area contributed by atoms with Crippen molar-refractivity contribution < 1.29 is 0 Å². The minimum absolute atomic E-state index is 0.0875. The lowest BCUT2D eigenvalue weighted by Gasteiger charge is -2.32. The normalized spacial score (nSPS) is 20.0. The highest BCUT2D eigenvalue weighted by atomic mass is 15.2. The molecule has 2 aliphatic rings. The fourth-order valence-electron chi connectivity index (χ4n) is 6.72. The predicted octanol–water partition coefficient (Wildman–Crippen LogP) is 9.50. The molecule has 3 unspecified atom stereocenters. The van der Waals surface area contributed by atoms with Gasteiger partial charge in [-0.1, -0.05) is 146 Å². The monoisotopic (exact) mass is 553 g/mol. The Balaban J connectivity index is 1.20. The average Bonchev–Trinajstić information content (AvgIpc) is 3.09. The minimum Gasteiger partial charge on any atom is -0.328 e. The second-order valence-electron chi connectivity index (χ2n) is 11.4. The van der Waals surface area contributed by atoms with Gasteiger partial charge >= 0.3 is 0 Å². The molecule has 0 bridgehead atoms. The first-order chi connectivity index (χ1) is 21.2. The number of benzene rings is 6. The lowest BCUT2D eigenvalue weighted by molar-refractivity contribution is 0.625. The van der Waals surface area contributed by atoms with Crippen molar-refractivity contribution in [3.63, 3.8) is 0 Å². The van der Waals surface area contributed by atoms with Gasteiger partial charge in [-0.3, -0.25) is 0 Å². The Kier molecular flexibility index (Phi) is 6.22. The van der Waals surface area contributed by atoms with Crippen LogP contribution in [0.5, 0.6) is 0 Å². The van der Waals surface area contributed by atoms with E-state index in [2.05, 4.69) is 146 Å². The summed E-state index contributed by atoms with van der Waals surface area (Å²) in [5, 5.41) is 11.4. The Morgan fingerprint density at radius 2 is 1.14 bits per heavy atom. The highest BCUT2D eigenvalue weighted by Crippen LogP contribution is 2.40. The van der Waals surface area contributed by atoms with Crippen LogP contribution in [0.4, 0.5) is 0 Å². The maximum Gasteiger partial charge on any atom is 0.169 e. The van der Waals surface area contributed by atoms with Crippen LogP contribution in [0.2, 0.25) is 0 Å². The first-order valence-electron chi connectivity index (χ1n) is 15.0. The van der Waals surface area contributed by atoms with Crippen LogP contribution >= 0.6 is 0 Å². The molecule has 1 N–H and O–H groups in total. The summed E-state index contributed by atoms with van der Waals surface area (Å²) in [5.74, 6) is 2.12. The molecule has 206 valence electrons. The molecule has 6 aromatic carbocycles. The first kappa shape index (κ1) is 25.4. The Morgan fingerprint density at radius 1 is 0.558 bits per heavy atom. The second-order valence-corrected chi connectivity index (χ2v) is 11.4. The topological polar surface area (TPSA) is 36.8 Å². The van der Waals surface area contributed by atoms with Crippen molar-refractivity contribution in [1.82, 2.24) is 5.32 Å². The molecule has 0 spiro atoms. The van der Waals surface area contributed by atoms with Gasteiger partial charge in [-0.05, 0) is 61.0 Å². The highest BCUT2D eigenvalue weighted by Gasteiger charge is 2.30. The molecule has 1 aliphatic carbocycles. The summed E-state index contributed by atoms with van der Waals surface area (Å²) >= 11 is 0.